The maximum absolute atomic E-state index is 14.0. The summed E-state index contributed by atoms with van der Waals surface area (Å²) in [5.74, 6) is 2.04. The molecule has 15 nitrogen and oxygen atoms in total. The molecule has 2 unspecified atom stereocenters. The summed E-state index contributed by atoms with van der Waals surface area (Å²) in [5.41, 5.74) is 11.6. The largest absolute Gasteiger partial charge is 0.457 e. The van der Waals surface area contributed by atoms with Crippen LogP contribution in [0, 0.1) is 5.92 Å². The third kappa shape index (κ3) is 7.85. The number of likely N-dealkylation sites (tertiary alicyclic amines) is 3. The van der Waals surface area contributed by atoms with Gasteiger partial charge < -0.3 is 30.1 Å². The van der Waals surface area contributed by atoms with Crippen molar-refractivity contribution in [3.63, 3.8) is 0 Å². The van der Waals surface area contributed by atoms with Crippen molar-refractivity contribution in [2.24, 2.45) is 5.92 Å². The van der Waals surface area contributed by atoms with E-state index in [4.69, 9.17) is 15.6 Å². The van der Waals surface area contributed by atoms with Crippen molar-refractivity contribution in [3.05, 3.63) is 95.8 Å². The maximum Gasteiger partial charge on any atom is 0.320 e. The van der Waals surface area contributed by atoms with Gasteiger partial charge in [0, 0.05) is 56.8 Å². The van der Waals surface area contributed by atoms with E-state index in [-0.39, 0.29) is 36.2 Å². The standard InChI is InChI=1S/C47H52N10O5/c48-43-41-42(32-8-11-37(12-9-32)62-36-6-2-1-3-7-36)52-57(44(41)50-29-49-43)35-5-4-20-55(28-35)47(61)54-23-16-30(17-24-54)26-53-21-18-31(19-22-53)33-10-13-38-34(25-33)27-56(46(38)60)39-14-15-40(58)51-45(39)59/h1-3,6-13,25,29-31,35,39H,4-5,14-24,26-28H2,(H2,48,49,50)(H,51,58,59). The van der Waals surface area contributed by atoms with E-state index in [1.54, 1.807) is 4.90 Å². The number of nitrogens with zero attached hydrogens (tertiary/aromatic N) is 8. The minimum absolute atomic E-state index is 0.0498. The third-order valence-electron chi connectivity index (χ3n) is 13.6. The van der Waals surface area contributed by atoms with Crippen LogP contribution in [0.3, 0.4) is 0 Å². The van der Waals surface area contributed by atoms with Gasteiger partial charge in [-0.3, -0.25) is 19.7 Å². The lowest BCUT2D eigenvalue weighted by Crippen LogP contribution is -2.52. The van der Waals surface area contributed by atoms with Crippen LogP contribution in [0.2, 0.25) is 0 Å². The molecular formula is C47H52N10O5. The van der Waals surface area contributed by atoms with Crippen LogP contribution in [0.25, 0.3) is 22.3 Å². The third-order valence-corrected chi connectivity index (χ3v) is 13.6. The lowest BCUT2D eigenvalue weighted by atomic mass is 9.87. The number of imide groups is 1. The van der Waals surface area contributed by atoms with Crippen LogP contribution in [0.4, 0.5) is 10.6 Å². The number of urea groups is 1. The van der Waals surface area contributed by atoms with E-state index < -0.39 is 6.04 Å². The number of piperidine rings is 4. The number of fused-ring (bicyclic) bond motifs is 2. The molecule has 7 heterocycles. The van der Waals surface area contributed by atoms with E-state index in [0.29, 0.717) is 59.5 Å². The summed E-state index contributed by atoms with van der Waals surface area (Å²) >= 11 is 0. The molecule has 5 aliphatic rings. The monoisotopic (exact) mass is 836 g/mol. The van der Waals surface area contributed by atoms with E-state index in [2.05, 4.69) is 32.3 Å². The fourth-order valence-corrected chi connectivity index (χ4v) is 10.3. The van der Waals surface area contributed by atoms with Gasteiger partial charge in [0.1, 0.15) is 35.4 Å². The van der Waals surface area contributed by atoms with E-state index in [0.717, 1.165) is 100 Å². The molecule has 2 aromatic heterocycles. The zero-order valence-corrected chi connectivity index (χ0v) is 34.8. The Bertz CT molecular complexity index is 2490. The maximum atomic E-state index is 14.0. The van der Waals surface area contributed by atoms with Gasteiger partial charge >= 0.3 is 6.03 Å². The van der Waals surface area contributed by atoms with Gasteiger partial charge in [0.05, 0.1) is 11.4 Å². The lowest BCUT2D eigenvalue weighted by Gasteiger charge is -2.40. The molecule has 0 aliphatic carbocycles. The quantitative estimate of drug-likeness (QED) is 0.177. The van der Waals surface area contributed by atoms with Crippen molar-refractivity contribution in [2.75, 3.05) is 51.5 Å². The van der Waals surface area contributed by atoms with Gasteiger partial charge in [-0.25, -0.2) is 19.4 Å². The highest BCUT2D eigenvalue weighted by Crippen LogP contribution is 2.37. The number of nitrogens with two attached hydrogens (primary N) is 1. The van der Waals surface area contributed by atoms with Gasteiger partial charge in [-0.15, -0.1) is 0 Å². The summed E-state index contributed by atoms with van der Waals surface area (Å²) in [4.78, 5) is 68.6. The molecule has 3 aromatic carbocycles. The molecule has 0 bridgehead atoms. The molecule has 320 valence electrons. The van der Waals surface area contributed by atoms with E-state index >= 15 is 0 Å². The Balaban J connectivity index is 0.719. The van der Waals surface area contributed by atoms with Gasteiger partial charge in [-0.2, -0.15) is 5.10 Å². The topological polar surface area (TPSA) is 172 Å². The number of carbonyl (C=O) groups excluding carboxylic acids is 4. The van der Waals surface area contributed by atoms with Gasteiger partial charge in [-0.05, 0) is 123 Å². The van der Waals surface area contributed by atoms with Crippen molar-refractivity contribution < 1.29 is 23.9 Å². The minimum Gasteiger partial charge on any atom is -0.457 e. The zero-order chi connectivity index (χ0) is 42.3. The molecular weight excluding hydrogens is 785 g/mol. The Morgan fingerprint density at radius 2 is 1.60 bits per heavy atom. The summed E-state index contributed by atoms with van der Waals surface area (Å²) in [6.07, 6.45) is 7.94. The smallest absolute Gasteiger partial charge is 0.320 e. The van der Waals surface area contributed by atoms with Crippen molar-refractivity contribution in [1.82, 2.24) is 44.7 Å². The zero-order valence-electron chi connectivity index (χ0n) is 34.8. The highest BCUT2D eigenvalue weighted by atomic mass is 16.5. The number of amides is 5. The second kappa shape index (κ2) is 16.8. The molecule has 15 heteroatoms. The number of para-hydroxylation sites is 1. The predicted molar refractivity (Wildman–Crippen MR) is 232 cm³/mol. The first kappa shape index (κ1) is 39.8. The fourth-order valence-electron chi connectivity index (χ4n) is 10.3. The summed E-state index contributed by atoms with van der Waals surface area (Å²) in [7, 11) is 0. The number of hydrogen-bond acceptors (Lipinski definition) is 10. The molecule has 5 aliphatic heterocycles. The van der Waals surface area contributed by atoms with Crippen LogP contribution in [0.15, 0.2) is 79.1 Å². The second-order valence-corrected chi connectivity index (χ2v) is 17.5. The van der Waals surface area contributed by atoms with Crippen LogP contribution >= 0.6 is 0 Å². The van der Waals surface area contributed by atoms with E-state index in [1.807, 2.05) is 75.1 Å². The Hall–Kier alpha value is -6.35. The minimum atomic E-state index is -0.598. The highest BCUT2D eigenvalue weighted by Gasteiger charge is 2.40. The highest BCUT2D eigenvalue weighted by molar-refractivity contribution is 6.05. The van der Waals surface area contributed by atoms with Crippen LogP contribution in [-0.4, -0.2) is 115 Å². The molecule has 4 fully saturated rings. The van der Waals surface area contributed by atoms with Gasteiger partial charge in [0.15, 0.2) is 5.65 Å². The van der Waals surface area contributed by atoms with Crippen molar-refractivity contribution >= 4 is 40.6 Å². The Kier molecular flexibility index (Phi) is 10.8. The van der Waals surface area contributed by atoms with Crippen molar-refractivity contribution in [3.8, 4) is 22.8 Å². The van der Waals surface area contributed by atoms with Gasteiger partial charge in [-0.1, -0.05) is 30.3 Å². The summed E-state index contributed by atoms with van der Waals surface area (Å²) < 4.78 is 7.97. The number of rotatable bonds is 8. The fraction of sp³-hybridized carbons (Fsp3) is 0.426. The molecule has 62 heavy (non-hydrogen) atoms. The van der Waals surface area contributed by atoms with Gasteiger partial charge in [0.25, 0.3) is 5.91 Å². The predicted octanol–water partition coefficient (Wildman–Crippen LogP) is 5.98. The van der Waals surface area contributed by atoms with Crippen LogP contribution < -0.4 is 15.8 Å². The molecule has 5 aromatic rings. The van der Waals surface area contributed by atoms with Crippen molar-refractivity contribution in [1.29, 1.82) is 0 Å². The Labute approximate surface area is 360 Å². The first-order valence-electron chi connectivity index (χ1n) is 22.1. The normalized spacial score (nSPS) is 21.7. The first-order valence-corrected chi connectivity index (χ1v) is 22.1. The van der Waals surface area contributed by atoms with E-state index in [9.17, 15) is 19.2 Å². The number of hydrogen-bond donors (Lipinski definition) is 2. The average molecular weight is 837 g/mol. The Morgan fingerprint density at radius 1 is 0.823 bits per heavy atom. The molecule has 0 saturated carbocycles. The number of carbonyl (C=O) groups is 4. The molecule has 10 rings (SSSR count). The number of ether oxygens (including phenoxy) is 1. The first-order chi connectivity index (χ1) is 30.3. The van der Waals surface area contributed by atoms with Crippen molar-refractivity contribution in [2.45, 2.75) is 75.9 Å². The number of benzene rings is 3. The van der Waals surface area contributed by atoms with Crippen LogP contribution in [0.5, 0.6) is 11.5 Å². The van der Waals surface area contributed by atoms with Crippen LogP contribution in [0.1, 0.15) is 84.8 Å². The number of nitrogens with one attached hydrogen (secondary N) is 1. The molecule has 4 saturated heterocycles. The average Bonchev–Trinajstić information content (AvgIpc) is 3.85. The molecule has 0 radical (unpaired) electrons. The summed E-state index contributed by atoms with van der Waals surface area (Å²) in [6.45, 7) is 6.27. The number of nitrogen functional groups attached to an aromatic ring is 1. The summed E-state index contributed by atoms with van der Waals surface area (Å²) in [6, 6.07) is 23.1. The molecule has 3 N–H and O–H groups in total. The SMILES string of the molecule is Nc1ncnc2c1c(-c1ccc(Oc3ccccc3)cc1)nn2C1CCCN(C(=O)N2CCC(CN3CCC(c4ccc5c(c4)CN(C4CCC(=O)NC4=O)C5=O)CC3)CC2)C1. The number of anilines is 1. The molecule has 2 atom stereocenters. The second-order valence-electron chi connectivity index (χ2n) is 17.5. The van der Waals surface area contributed by atoms with Crippen LogP contribution in [-0.2, 0) is 16.1 Å². The number of aromatic nitrogens is 4. The lowest BCUT2D eigenvalue weighted by molar-refractivity contribution is -0.136. The molecule has 5 amide bonds. The van der Waals surface area contributed by atoms with E-state index in [1.165, 1.54) is 11.9 Å². The Morgan fingerprint density at radius 3 is 2.37 bits per heavy atom. The molecule has 0 spiro atoms. The summed E-state index contributed by atoms with van der Waals surface area (Å²) in [5, 5.41) is 8.19. The van der Waals surface area contributed by atoms with Gasteiger partial charge in [0.2, 0.25) is 11.8 Å².